The Morgan fingerprint density at radius 2 is 1.95 bits per heavy atom. The van der Waals surface area contributed by atoms with E-state index in [1.165, 1.54) is 5.56 Å². The lowest BCUT2D eigenvalue weighted by Gasteiger charge is -2.10. The van der Waals surface area contributed by atoms with Gasteiger partial charge in [-0.1, -0.05) is 40.2 Å². The van der Waals surface area contributed by atoms with Crippen LogP contribution in [0.1, 0.15) is 5.56 Å². The van der Waals surface area contributed by atoms with Gasteiger partial charge in [0, 0.05) is 29.1 Å². The van der Waals surface area contributed by atoms with E-state index in [1.807, 2.05) is 41.2 Å². The lowest BCUT2D eigenvalue weighted by molar-refractivity contribution is 0.880. The number of hydrogen-bond donors (Lipinski definition) is 1. The molecule has 0 aliphatic heterocycles. The van der Waals surface area contributed by atoms with Crippen LogP contribution >= 0.6 is 15.9 Å². The Balaban J connectivity index is 1.75. The van der Waals surface area contributed by atoms with Gasteiger partial charge in [0.1, 0.15) is 0 Å². The average molecular weight is 328 g/mol. The van der Waals surface area contributed by atoms with Crippen LogP contribution in [0.5, 0.6) is 0 Å². The molecule has 1 heterocycles. The molecule has 0 aliphatic carbocycles. The maximum absolute atomic E-state index is 4.24. The van der Waals surface area contributed by atoms with E-state index in [2.05, 4.69) is 50.6 Å². The third-order valence-corrected chi connectivity index (χ3v) is 3.83. The monoisotopic (exact) mass is 327 g/mol. The highest BCUT2D eigenvalue weighted by molar-refractivity contribution is 9.10. The quantitative estimate of drug-likeness (QED) is 0.776. The topological polar surface area (TPSA) is 29.9 Å². The Morgan fingerprint density at radius 3 is 2.75 bits per heavy atom. The van der Waals surface area contributed by atoms with Gasteiger partial charge in [0.2, 0.25) is 0 Å². The standard InChI is InChI=1S/C16H14BrN3/c17-16-8-2-1-5-13(16)12-18-14-6-3-7-15(11-14)20-10-4-9-19-20/h1-11,18H,12H2. The first-order valence-corrected chi connectivity index (χ1v) is 7.19. The zero-order chi connectivity index (χ0) is 13.8. The summed E-state index contributed by atoms with van der Waals surface area (Å²) in [6, 6.07) is 18.4. The van der Waals surface area contributed by atoms with Gasteiger partial charge in [0.15, 0.2) is 0 Å². The molecular formula is C16H14BrN3. The van der Waals surface area contributed by atoms with Crippen LogP contribution in [-0.2, 0) is 6.54 Å². The summed E-state index contributed by atoms with van der Waals surface area (Å²) in [6.45, 7) is 0.782. The molecule has 3 rings (SSSR count). The van der Waals surface area contributed by atoms with Gasteiger partial charge in [0.05, 0.1) is 5.69 Å². The van der Waals surface area contributed by atoms with Crippen LogP contribution in [0.25, 0.3) is 5.69 Å². The van der Waals surface area contributed by atoms with Crippen LogP contribution in [0.2, 0.25) is 0 Å². The summed E-state index contributed by atoms with van der Waals surface area (Å²) in [5.74, 6) is 0. The molecular weight excluding hydrogens is 314 g/mol. The fraction of sp³-hybridized carbons (Fsp3) is 0.0625. The Morgan fingerprint density at radius 1 is 1.05 bits per heavy atom. The molecule has 0 saturated carbocycles. The summed E-state index contributed by atoms with van der Waals surface area (Å²) >= 11 is 3.56. The average Bonchev–Trinajstić information content (AvgIpc) is 3.01. The van der Waals surface area contributed by atoms with E-state index in [4.69, 9.17) is 0 Å². The number of benzene rings is 2. The Hall–Kier alpha value is -2.07. The van der Waals surface area contributed by atoms with Gasteiger partial charge in [0.25, 0.3) is 0 Å². The third-order valence-electron chi connectivity index (χ3n) is 3.06. The maximum Gasteiger partial charge on any atom is 0.0666 e. The summed E-state index contributed by atoms with van der Waals surface area (Å²) in [5.41, 5.74) is 3.36. The van der Waals surface area contributed by atoms with Crippen molar-refractivity contribution in [3.63, 3.8) is 0 Å². The van der Waals surface area contributed by atoms with Crippen molar-refractivity contribution in [1.29, 1.82) is 0 Å². The molecule has 2 aromatic carbocycles. The second kappa shape index (κ2) is 5.92. The highest BCUT2D eigenvalue weighted by atomic mass is 79.9. The predicted molar refractivity (Wildman–Crippen MR) is 85.0 cm³/mol. The van der Waals surface area contributed by atoms with E-state index >= 15 is 0 Å². The minimum atomic E-state index is 0.782. The minimum Gasteiger partial charge on any atom is -0.381 e. The van der Waals surface area contributed by atoms with Gasteiger partial charge in [-0.3, -0.25) is 0 Å². The third kappa shape index (κ3) is 2.91. The van der Waals surface area contributed by atoms with Crippen molar-refractivity contribution >= 4 is 21.6 Å². The summed E-state index contributed by atoms with van der Waals surface area (Å²) in [4.78, 5) is 0. The molecule has 3 aromatic rings. The first-order chi connectivity index (χ1) is 9.83. The maximum atomic E-state index is 4.24. The van der Waals surface area contributed by atoms with Gasteiger partial charge in [-0.05, 0) is 35.9 Å². The fourth-order valence-corrected chi connectivity index (χ4v) is 2.44. The molecule has 0 atom stereocenters. The molecule has 4 heteroatoms. The van der Waals surface area contributed by atoms with Gasteiger partial charge < -0.3 is 5.32 Å². The molecule has 0 saturated heterocycles. The number of nitrogens with one attached hydrogen (secondary N) is 1. The fourth-order valence-electron chi connectivity index (χ4n) is 2.02. The van der Waals surface area contributed by atoms with Crippen molar-refractivity contribution in [3.05, 3.63) is 77.0 Å². The normalized spacial score (nSPS) is 10.4. The van der Waals surface area contributed by atoms with E-state index in [1.54, 1.807) is 6.20 Å². The van der Waals surface area contributed by atoms with Crippen LogP contribution in [0.15, 0.2) is 71.5 Å². The molecule has 0 bridgehead atoms. The van der Waals surface area contributed by atoms with Crippen molar-refractivity contribution in [3.8, 4) is 5.69 Å². The molecule has 1 N–H and O–H groups in total. The van der Waals surface area contributed by atoms with Crippen LogP contribution < -0.4 is 5.32 Å². The van der Waals surface area contributed by atoms with Gasteiger partial charge >= 0.3 is 0 Å². The lowest BCUT2D eigenvalue weighted by atomic mass is 10.2. The molecule has 1 aromatic heterocycles. The number of aromatic nitrogens is 2. The van der Waals surface area contributed by atoms with Crippen LogP contribution in [0.4, 0.5) is 5.69 Å². The number of halogens is 1. The van der Waals surface area contributed by atoms with Crippen molar-refractivity contribution in [2.75, 3.05) is 5.32 Å². The van der Waals surface area contributed by atoms with Crippen molar-refractivity contribution in [1.82, 2.24) is 9.78 Å². The molecule has 3 nitrogen and oxygen atoms in total. The van der Waals surface area contributed by atoms with E-state index < -0.39 is 0 Å². The van der Waals surface area contributed by atoms with Gasteiger partial charge in [-0.2, -0.15) is 5.10 Å². The molecule has 0 amide bonds. The minimum absolute atomic E-state index is 0.782. The zero-order valence-electron chi connectivity index (χ0n) is 10.8. The molecule has 0 fully saturated rings. The molecule has 100 valence electrons. The van der Waals surface area contributed by atoms with Crippen LogP contribution in [0.3, 0.4) is 0 Å². The number of nitrogens with zero attached hydrogens (tertiary/aromatic N) is 2. The van der Waals surface area contributed by atoms with Crippen LogP contribution in [-0.4, -0.2) is 9.78 Å². The smallest absolute Gasteiger partial charge is 0.0666 e. The van der Waals surface area contributed by atoms with E-state index in [0.29, 0.717) is 0 Å². The lowest BCUT2D eigenvalue weighted by Crippen LogP contribution is -2.01. The Kier molecular flexibility index (Phi) is 3.83. The second-order valence-electron chi connectivity index (χ2n) is 4.45. The second-order valence-corrected chi connectivity index (χ2v) is 5.30. The predicted octanol–water partition coefficient (Wildman–Crippen LogP) is 4.25. The number of rotatable bonds is 4. The summed E-state index contributed by atoms with van der Waals surface area (Å²) < 4.78 is 2.97. The van der Waals surface area contributed by atoms with E-state index in [9.17, 15) is 0 Å². The molecule has 0 radical (unpaired) electrons. The molecule has 0 spiro atoms. The Bertz CT molecular complexity index is 692. The first kappa shape index (κ1) is 12.9. The Labute approximate surface area is 126 Å². The van der Waals surface area contributed by atoms with Crippen molar-refractivity contribution in [2.45, 2.75) is 6.54 Å². The largest absolute Gasteiger partial charge is 0.381 e. The summed E-state index contributed by atoms with van der Waals surface area (Å²) in [6.07, 6.45) is 3.72. The van der Waals surface area contributed by atoms with Crippen molar-refractivity contribution < 1.29 is 0 Å². The molecule has 0 unspecified atom stereocenters. The van der Waals surface area contributed by atoms with E-state index in [-0.39, 0.29) is 0 Å². The zero-order valence-corrected chi connectivity index (χ0v) is 12.4. The number of hydrogen-bond acceptors (Lipinski definition) is 2. The number of anilines is 1. The van der Waals surface area contributed by atoms with Gasteiger partial charge in [-0.25, -0.2) is 4.68 Å². The SMILES string of the molecule is Brc1ccccc1CNc1cccc(-n2cccn2)c1. The highest BCUT2D eigenvalue weighted by Gasteiger charge is 2.00. The van der Waals surface area contributed by atoms with Crippen LogP contribution in [0, 0.1) is 0 Å². The van der Waals surface area contributed by atoms with Crippen molar-refractivity contribution in [2.24, 2.45) is 0 Å². The molecule has 0 aliphatic rings. The molecule has 20 heavy (non-hydrogen) atoms. The summed E-state index contributed by atoms with van der Waals surface area (Å²) in [7, 11) is 0. The summed E-state index contributed by atoms with van der Waals surface area (Å²) in [5, 5.41) is 7.67. The first-order valence-electron chi connectivity index (χ1n) is 6.40. The van der Waals surface area contributed by atoms with Gasteiger partial charge in [-0.15, -0.1) is 0 Å². The van der Waals surface area contributed by atoms with E-state index in [0.717, 1.165) is 22.4 Å². The highest BCUT2D eigenvalue weighted by Crippen LogP contribution is 2.19.